The maximum Gasteiger partial charge on any atom is 0.317 e. The first-order valence-electron chi connectivity index (χ1n) is 8.78. The van der Waals surface area contributed by atoms with E-state index in [0.717, 1.165) is 43.7 Å². The molecule has 0 spiro atoms. The number of nitrogens with one attached hydrogen (secondary N) is 1. The van der Waals surface area contributed by atoms with Crippen molar-refractivity contribution in [1.82, 2.24) is 24.9 Å². The maximum atomic E-state index is 12.6. The number of carbonyl (C=O) groups is 2. The fraction of sp³-hybridized carbons (Fsp3) is 0.706. The van der Waals surface area contributed by atoms with E-state index in [9.17, 15) is 9.59 Å². The van der Waals surface area contributed by atoms with Crippen LogP contribution in [-0.2, 0) is 18.3 Å². The molecule has 2 aliphatic heterocycles. The van der Waals surface area contributed by atoms with Crippen LogP contribution in [0.2, 0.25) is 0 Å². The summed E-state index contributed by atoms with van der Waals surface area (Å²) in [4.78, 5) is 28.3. The largest absolute Gasteiger partial charge is 0.341 e. The molecular weight excluding hydrogens is 306 g/mol. The Morgan fingerprint density at radius 1 is 1.33 bits per heavy atom. The molecule has 7 nitrogen and oxygen atoms in total. The molecule has 2 saturated heterocycles. The van der Waals surface area contributed by atoms with E-state index in [4.69, 9.17) is 0 Å². The first-order chi connectivity index (χ1) is 11.5. The summed E-state index contributed by atoms with van der Waals surface area (Å²) in [5, 5.41) is 7.26. The van der Waals surface area contributed by atoms with E-state index in [2.05, 4.69) is 10.4 Å². The lowest BCUT2D eigenvalue weighted by Gasteiger charge is -2.37. The minimum absolute atomic E-state index is 0.0101. The summed E-state index contributed by atoms with van der Waals surface area (Å²) in [6, 6.07) is 0.169. The summed E-state index contributed by atoms with van der Waals surface area (Å²) in [6.07, 6.45) is 3.19. The maximum absolute atomic E-state index is 12.6. The minimum Gasteiger partial charge on any atom is -0.341 e. The molecule has 3 rings (SSSR count). The van der Waals surface area contributed by atoms with Gasteiger partial charge in [0.05, 0.1) is 11.7 Å². The predicted octanol–water partition coefficient (Wildman–Crippen LogP) is 0.986. The van der Waals surface area contributed by atoms with Gasteiger partial charge in [0.2, 0.25) is 5.91 Å². The molecule has 2 aliphatic rings. The Bertz CT molecular complexity index is 639. The molecule has 1 unspecified atom stereocenters. The van der Waals surface area contributed by atoms with Crippen molar-refractivity contribution >= 4 is 11.9 Å². The van der Waals surface area contributed by atoms with Crippen molar-refractivity contribution in [3.05, 3.63) is 17.0 Å². The van der Waals surface area contributed by atoms with Gasteiger partial charge in [-0.15, -0.1) is 0 Å². The Kier molecular flexibility index (Phi) is 4.78. The molecule has 0 aliphatic carbocycles. The molecule has 0 radical (unpaired) electrons. The van der Waals surface area contributed by atoms with E-state index < -0.39 is 0 Å². The smallest absolute Gasteiger partial charge is 0.317 e. The van der Waals surface area contributed by atoms with E-state index in [-0.39, 0.29) is 18.0 Å². The topological polar surface area (TPSA) is 70.5 Å². The summed E-state index contributed by atoms with van der Waals surface area (Å²) in [5.74, 6) is 0.182. The van der Waals surface area contributed by atoms with Crippen LogP contribution in [0.1, 0.15) is 36.2 Å². The summed E-state index contributed by atoms with van der Waals surface area (Å²) < 4.78 is 1.87. The summed E-state index contributed by atoms with van der Waals surface area (Å²) in [5.41, 5.74) is 3.32. The fourth-order valence-electron chi connectivity index (χ4n) is 3.84. The molecule has 1 N–H and O–H groups in total. The molecule has 0 bridgehead atoms. The van der Waals surface area contributed by atoms with Gasteiger partial charge < -0.3 is 15.1 Å². The number of aromatic nitrogens is 2. The molecule has 1 atom stereocenters. The lowest BCUT2D eigenvalue weighted by molar-refractivity contribution is -0.133. The lowest BCUT2D eigenvalue weighted by Crippen LogP contribution is -2.50. The number of piperidine rings is 1. The third kappa shape index (κ3) is 3.25. The molecule has 132 valence electrons. The Morgan fingerprint density at radius 3 is 2.75 bits per heavy atom. The number of aryl methyl sites for hydroxylation is 2. The number of hydrogen-bond donors (Lipinski definition) is 1. The van der Waals surface area contributed by atoms with Crippen molar-refractivity contribution in [2.24, 2.45) is 7.05 Å². The molecule has 3 heterocycles. The molecule has 2 fully saturated rings. The average Bonchev–Trinajstić information content (AvgIpc) is 3.09. The van der Waals surface area contributed by atoms with E-state index in [0.29, 0.717) is 19.5 Å². The molecule has 1 aromatic rings. The molecule has 1 aromatic heterocycles. The number of likely N-dealkylation sites (tertiary alicyclic amines) is 1. The van der Waals surface area contributed by atoms with Gasteiger partial charge in [-0.05, 0) is 38.7 Å². The number of carbonyl (C=O) groups excluding carboxylic acids is 2. The first-order valence-corrected chi connectivity index (χ1v) is 8.78. The Labute approximate surface area is 143 Å². The van der Waals surface area contributed by atoms with Gasteiger partial charge in [-0.25, -0.2) is 4.79 Å². The lowest BCUT2D eigenvalue weighted by atomic mass is 10.0. The number of nitrogens with zero attached hydrogens (tertiary/aromatic N) is 4. The summed E-state index contributed by atoms with van der Waals surface area (Å²) in [6.45, 7) is 6.97. The zero-order chi connectivity index (χ0) is 17.3. The molecule has 0 saturated carbocycles. The minimum atomic E-state index is 0.0101. The van der Waals surface area contributed by atoms with E-state index in [1.807, 2.05) is 35.4 Å². The van der Waals surface area contributed by atoms with Crippen LogP contribution in [0, 0.1) is 13.8 Å². The van der Waals surface area contributed by atoms with Gasteiger partial charge in [0.1, 0.15) is 0 Å². The van der Waals surface area contributed by atoms with Crippen molar-refractivity contribution in [2.75, 3.05) is 26.2 Å². The van der Waals surface area contributed by atoms with Crippen molar-refractivity contribution in [2.45, 2.75) is 45.6 Å². The monoisotopic (exact) mass is 333 g/mol. The molecule has 3 amide bonds. The quantitative estimate of drug-likeness (QED) is 0.893. The first kappa shape index (κ1) is 16.8. The standard InChI is InChI=1S/C17H27N5O2/c1-12-15(13(2)20(3)19-12)6-7-16(23)21-9-4-5-14(11-21)22-10-8-18-17(22)24/h14H,4-11H2,1-3H3,(H,18,24). The van der Waals surface area contributed by atoms with Crippen LogP contribution in [-0.4, -0.2) is 63.7 Å². The van der Waals surface area contributed by atoms with Crippen LogP contribution in [0.25, 0.3) is 0 Å². The van der Waals surface area contributed by atoms with Crippen LogP contribution >= 0.6 is 0 Å². The molecular formula is C17H27N5O2. The second-order valence-corrected chi connectivity index (χ2v) is 6.83. The van der Waals surface area contributed by atoms with Crippen molar-refractivity contribution in [1.29, 1.82) is 0 Å². The molecule has 24 heavy (non-hydrogen) atoms. The van der Waals surface area contributed by atoms with Crippen molar-refractivity contribution < 1.29 is 9.59 Å². The highest BCUT2D eigenvalue weighted by Crippen LogP contribution is 2.20. The van der Waals surface area contributed by atoms with E-state index in [1.54, 1.807) is 0 Å². The highest BCUT2D eigenvalue weighted by molar-refractivity contribution is 5.78. The van der Waals surface area contributed by atoms with E-state index in [1.165, 1.54) is 5.56 Å². The number of urea groups is 1. The van der Waals surface area contributed by atoms with Gasteiger partial charge in [0.25, 0.3) is 0 Å². The van der Waals surface area contributed by atoms with E-state index >= 15 is 0 Å². The predicted molar refractivity (Wildman–Crippen MR) is 90.7 cm³/mol. The van der Waals surface area contributed by atoms with Crippen LogP contribution in [0.4, 0.5) is 4.79 Å². The molecule has 7 heteroatoms. The SMILES string of the molecule is Cc1nn(C)c(C)c1CCC(=O)N1CCCC(N2CCNC2=O)C1. The summed E-state index contributed by atoms with van der Waals surface area (Å²) in [7, 11) is 1.93. The second-order valence-electron chi connectivity index (χ2n) is 6.83. The van der Waals surface area contributed by atoms with Gasteiger partial charge in [-0.2, -0.15) is 5.10 Å². The van der Waals surface area contributed by atoms with Crippen LogP contribution in [0.15, 0.2) is 0 Å². The van der Waals surface area contributed by atoms with Crippen LogP contribution in [0.5, 0.6) is 0 Å². The summed E-state index contributed by atoms with van der Waals surface area (Å²) >= 11 is 0. The highest BCUT2D eigenvalue weighted by Gasteiger charge is 2.32. The molecule has 0 aromatic carbocycles. The number of hydrogen-bond acceptors (Lipinski definition) is 3. The van der Waals surface area contributed by atoms with Gasteiger partial charge in [0, 0.05) is 45.3 Å². The highest BCUT2D eigenvalue weighted by atomic mass is 16.2. The fourth-order valence-corrected chi connectivity index (χ4v) is 3.84. The normalized spacial score (nSPS) is 21.3. The van der Waals surface area contributed by atoms with Crippen molar-refractivity contribution in [3.8, 4) is 0 Å². The van der Waals surface area contributed by atoms with Gasteiger partial charge in [-0.3, -0.25) is 9.48 Å². The number of rotatable bonds is 4. The van der Waals surface area contributed by atoms with Gasteiger partial charge in [-0.1, -0.05) is 0 Å². The second kappa shape index (κ2) is 6.83. The van der Waals surface area contributed by atoms with Gasteiger partial charge in [0.15, 0.2) is 0 Å². The van der Waals surface area contributed by atoms with Gasteiger partial charge >= 0.3 is 6.03 Å². The number of amides is 3. The third-order valence-corrected chi connectivity index (χ3v) is 5.33. The van der Waals surface area contributed by atoms with Crippen LogP contribution in [0.3, 0.4) is 0 Å². The Balaban J connectivity index is 1.57. The zero-order valence-electron chi connectivity index (χ0n) is 14.8. The average molecular weight is 333 g/mol. The Hall–Kier alpha value is -2.05. The van der Waals surface area contributed by atoms with Crippen molar-refractivity contribution in [3.63, 3.8) is 0 Å². The Morgan fingerprint density at radius 2 is 2.12 bits per heavy atom. The third-order valence-electron chi connectivity index (χ3n) is 5.33. The zero-order valence-corrected chi connectivity index (χ0v) is 14.8. The van der Waals surface area contributed by atoms with Crippen LogP contribution < -0.4 is 5.32 Å².